The Morgan fingerprint density at radius 3 is 2.70 bits per heavy atom. The lowest BCUT2D eigenvalue weighted by molar-refractivity contribution is 0.0468. The number of carbonyl (C=O) groups is 2. The molecule has 5 heteroatoms. The Kier molecular flexibility index (Phi) is 4.28. The van der Waals surface area contributed by atoms with Crippen LogP contribution in [0.25, 0.3) is 0 Å². The van der Waals surface area contributed by atoms with Crippen LogP contribution in [0, 0.1) is 6.92 Å². The Labute approximate surface area is 119 Å². The number of hydrogen-bond acceptors (Lipinski definition) is 3. The minimum Gasteiger partial charge on any atom is -0.391 e. The van der Waals surface area contributed by atoms with Gasteiger partial charge < -0.3 is 15.0 Å². The number of aliphatic hydroxyl groups is 1. The first-order chi connectivity index (χ1) is 9.45. The third-order valence-corrected chi connectivity index (χ3v) is 3.89. The molecular weight excluding hydrogens is 256 g/mol. The van der Waals surface area contributed by atoms with Crippen molar-refractivity contribution in [1.29, 1.82) is 0 Å². The van der Waals surface area contributed by atoms with Crippen LogP contribution < -0.4 is 0 Å². The van der Waals surface area contributed by atoms with E-state index in [2.05, 4.69) is 4.98 Å². The van der Waals surface area contributed by atoms with E-state index in [-0.39, 0.29) is 11.7 Å². The molecule has 5 nitrogen and oxygen atoms in total. The molecule has 1 amide bonds. The SMILES string of the molecule is CCc1c(C(=O)N2CCCC(O)C2)[nH]c(C)c1C(C)=O. The largest absolute Gasteiger partial charge is 0.391 e. The molecule has 0 radical (unpaired) electrons. The number of β-amino-alcohol motifs (C(OH)–C–C–N with tert-alkyl or cyclic N) is 1. The number of piperidine rings is 1. The van der Waals surface area contributed by atoms with E-state index in [1.807, 2.05) is 13.8 Å². The number of carbonyl (C=O) groups excluding carboxylic acids is 2. The number of aliphatic hydroxyl groups excluding tert-OH is 1. The molecule has 1 aliphatic rings. The summed E-state index contributed by atoms with van der Waals surface area (Å²) in [6, 6.07) is 0. The number of rotatable bonds is 3. The molecule has 110 valence electrons. The van der Waals surface area contributed by atoms with Gasteiger partial charge in [0, 0.05) is 24.3 Å². The van der Waals surface area contributed by atoms with Crippen LogP contribution in [0.15, 0.2) is 0 Å². The molecule has 1 atom stereocenters. The Morgan fingerprint density at radius 1 is 1.45 bits per heavy atom. The molecule has 1 aromatic rings. The van der Waals surface area contributed by atoms with Crippen molar-refractivity contribution in [2.24, 2.45) is 0 Å². The molecule has 0 aliphatic carbocycles. The third-order valence-electron chi connectivity index (χ3n) is 3.89. The molecule has 2 N–H and O–H groups in total. The summed E-state index contributed by atoms with van der Waals surface area (Å²) < 4.78 is 0. The predicted octanol–water partition coefficient (Wildman–Crippen LogP) is 1.69. The van der Waals surface area contributed by atoms with Crippen molar-refractivity contribution >= 4 is 11.7 Å². The molecule has 2 rings (SSSR count). The summed E-state index contributed by atoms with van der Waals surface area (Å²) in [5.41, 5.74) is 2.67. The first-order valence-corrected chi connectivity index (χ1v) is 7.15. The number of aromatic amines is 1. The molecule has 0 aromatic carbocycles. The summed E-state index contributed by atoms with van der Waals surface area (Å²) in [5, 5.41) is 9.69. The van der Waals surface area contributed by atoms with E-state index in [0.29, 0.717) is 30.8 Å². The first-order valence-electron chi connectivity index (χ1n) is 7.15. The van der Waals surface area contributed by atoms with Crippen LogP contribution in [-0.2, 0) is 6.42 Å². The molecule has 0 spiro atoms. The van der Waals surface area contributed by atoms with Crippen LogP contribution in [0.3, 0.4) is 0 Å². The van der Waals surface area contributed by atoms with Gasteiger partial charge in [0.2, 0.25) is 0 Å². The standard InChI is InChI=1S/C15H22N2O3/c1-4-12-13(10(3)18)9(2)16-14(12)15(20)17-7-5-6-11(19)8-17/h11,16,19H,4-8H2,1-3H3. The summed E-state index contributed by atoms with van der Waals surface area (Å²) in [6.45, 7) is 6.31. The van der Waals surface area contributed by atoms with Crippen LogP contribution >= 0.6 is 0 Å². The zero-order valence-corrected chi connectivity index (χ0v) is 12.3. The average molecular weight is 278 g/mol. The highest BCUT2D eigenvalue weighted by Crippen LogP contribution is 2.23. The summed E-state index contributed by atoms with van der Waals surface area (Å²) in [5.74, 6) is -0.135. The van der Waals surface area contributed by atoms with Crippen molar-refractivity contribution in [3.8, 4) is 0 Å². The van der Waals surface area contributed by atoms with E-state index in [0.717, 1.165) is 24.1 Å². The van der Waals surface area contributed by atoms with Crippen molar-refractivity contribution in [3.63, 3.8) is 0 Å². The van der Waals surface area contributed by atoms with E-state index in [1.165, 1.54) is 6.92 Å². The van der Waals surface area contributed by atoms with Crippen LogP contribution in [-0.4, -0.2) is 45.9 Å². The van der Waals surface area contributed by atoms with Crippen molar-refractivity contribution in [3.05, 3.63) is 22.5 Å². The third kappa shape index (κ3) is 2.63. The fraction of sp³-hybridized carbons (Fsp3) is 0.600. The number of nitrogens with one attached hydrogen (secondary N) is 1. The normalized spacial score (nSPS) is 19.2. The summed E-state index contributed by atoms with van der Waals surface area (Å²) >= 11 is 0. The second-order valence-electron chi connectivity index (χ2n) is 5.44. The van der Waals surface area contributed by atoms with Gasteiger partial charge in [0.05, 0.1) is 6.10 Å². The van der Waals surface area contributed by atoms with Gasteiger partial charge >= 0.3 is 0 Å². The van der Waals surface area contributed by atoms with Crippen molar-refractivity contribution in [2.45, 2.75) is 46.1 Å². The number of hydrogen-bond donors (Lipinski definition) is 2. The zero-order valence-electron chi connectivity index (χ0n) is 12.3. The lowest BCUT2D eigenvalue weighted by Crippen LogP contribution is -2.42. The molecule has 1 unspecified atom stereocenters. The number of amides is 1. The molecule has 20 heavy (non-hydrogen) atoms. The van der Waals surface area contributed by atoms with Crippen LogP contribution in [0.4, 0.5) is 0 Å². The second-order valence-corrected chi connectivity index (χ2v) is 5.44. The highest BCUT2D eigenvalue weighted by atomic mass is 16.3. The van der Waals surface area contributed by atoms with Crippen LogP contribution in [0.1, 0.15) is 58.8 Å². The number of Topliss-reactive ketones (excluding diaryl/α,β-unsaturated/α-hetero) is 1. The maximum Gasteiger partial charge on any atom is 0.270 e. The number of H-pyrrole nitrogens is 1. The molecule has 0 bridgehead atoms. The molecular formula is C15H22N2O3. The van der Waals surface area contributed by atoms with Gasteiger partial charge in [0.25, 0.3) is 5.91 Å². The van der Waals surface area contributed by atoms with Gasteiger partial charge in [-0.25, -0.2) is 0 Å². The lowest BCUT2D eigenvalue weighted by atomic mass is 10.0. The van der Waals surface area contributed by atoms with Gasteiger partial charge in [0.1, 0.15) is 5.69 Å². The highest BCUT2D eigenvalue weighted by Gasteiger charge is 2.28. The van der Waals surface area contributed by atoms with Gasteiger partial charge in [-0.1, -0.05) is 6.92 Å². The maximum absolute atomic E-state index is 12.6. The van der Waals surface area contributed by atoms with Gasteiger partial charge in [-0.05, 0) is 38.7 Å². The topological polar surface area (TPSA) is 73.4 Å². The molecule has 2 heterocycles. The lowest BCUT2D eigenvalue weighted by Gasteiger charge is -2.30. The number of aryl methyl sites for hydroxylation is 1. The van der Waals surface area contributed by atoms with E-state index >= 15 is 0 Å². The number of likely N-dealkylation sites (tertiary alicyclic amines) is 1. The number of aromatic nitrogens is 1. The molecule has 1 fully saturated rings. The van der Waals surface area contributed by atoms with E-state index in [9.17, 15) is 14.7 Å². The van der Waals surface area contributed by atoms with Crippen molar-refractivity contribution in [1.82, 2.24) is 9.88 Å². The Balaban J connectivity index is 2.34. The summed E-state index contributed by atoms with van der Waals surface area (Å²) in [4.78, 5) is 29.0. The van der Waals surface area contributed by atoms with Crippen LogP contribution in [0.2, 0.25) is 0 Å². The van der Waals surface area contributed by atoms with Gasteiger partial charge in [-0.15, -0.1) is 0 Å². The van der Waals surface area contributed by atoms with Gasteiger partial charge in [-0.3, -0.25) is 9.59 Å². The van der Waals surface area contributed by atoms with E-state index in [1.54, 1.807) is 4.90 Å². The fourth-order valence-corrected chi connectivity index (χ4v) is 2.99. The fourth-order valence-electron chi connectivity index (χ4n) is 2.99. The molecule has 1 aliphatic heterocycles. The predicted molar refractivity (Wildman–Crippen MR) is 76.1 cm³/mol. The van der Waals surface area contributed by atoms with Crippen molar-refractivity contribution in [2.75, 3.05) is 13.1 Å². The van der Waals surface area contributed by atoms with E-state index in [4.69, 9.17) is 0 Å². The molecule has 1 saturated heterocycles. The number of nitrogens with zero attached hydrogens (tertiary/aromatic N) is 1. The summed E-state index contributed by atoms with van der Waals surface area (Å²) in [7, 11) is 0. The van der Waals surface area contributed by atoms with Gasteiger partial charge in [-0.2, -0.15) is 0 Å². The second kappa shape index (κ2) is 5.79. The zero-order chi connectivity index (χ0) is 14.9. The van der Waals surface area contributed by atoms with Crippen molar-refractivity contribution < 1.29 is 14.7 Å². The first kappa shape index (κ1) is 14.8. The number of ketones is 1. The smallest absolute Gasteiger partial charge is 0.270 e. The molecule has 1 aromatic heterocycles. The monoisotopic (exact) mass is 278 g/mol. The Hall–Kier alpha value is -1.62. The minimum absolute atomic E-state index is 0.0201. The molecule has 0 saturated carbocycles. The Morgan fingerprint density at radius 2 is 2.15 bits per heavy atom. The minimum atomic E-state index is -0.443. The van der Waals surface area contributed by atoms with E-state index < -0.39 is 6.10 Å². The average Bonchev–Trinajstić information content (AvgIpc) is 2.74. The highest BCUT2D eigenvalue weighted by molar-refractivity contribution is 6.02. The van der Waals surface area contributed by atoms with Crippen LogP contribution in [0.5, 0.6) is 0 Å². The quantitative estimate of drug-likeness (QED) is 0.826. The van der Waals surface area contributed by atoms with Gasteiger partial charge in [0.15, 0.2) is 5.78 Å². The Bertz CT molecular complexity index is 533. The maximum atomic E-state index is 12.6. The summed E-state index contributed by atoms with van der Waals surface area (Å²) in [6.07, 6.45) is 1.75.